The molecule has 0 atom stereocenters. The highest BCUT2D eigenvalue weighted by Crippen LogP contribution is 2.29. The molecule has 28 heavy (non-hydrogen) atoms. The van der Waals surface area contributed by atoms with E-state index in [0.29, 0.717) is 6.07 Å². The molecule has 2 aromatic rings. The molecular formula is C17H16F2N2O6S. The number of ether oxygens (including phenoxy) is 1. The molecule has 8 nitrogen and oxygen atoms in total. The van der Waals surface area contributed by atoms with Crippen molar-refractivity contribution in [2.24, 2.45) is 0 Å². The summed E-state index contributed by atoms with van der Waals surface area (Å²) in [7, 11) is -2.92. The van der Waals surface area contributed by atoms with Crippen LogP contribution in [-0.2, 0) is 10.1 Å². The van der Waals surface area contributed by atoms with Crippen LogP contribution in [0.3, 0.4) is 0 Å². The summed E-state index contributed by atoms with van der Waals surface area (Å²) < 4.78 is 61.9. The quantitative estimate of drug-likeness (QED) is 0.622. The number of hydrogen-bond donors (Lipinski definition) is 3. The average Bonchev–Trinajstić information content (AvgIpc) is 2.60. The normalized spacial score (nSPS) is 11.0. The lowest BCUT2D eigenvalue weighted by atomic mass is 10.0. The molecule has 0 heterocycles. The van der Waals surface area contributed by atoms with Gasteiger partial charge in [-0.3, -0.25) is 9.35 Å². The fourth-order valence-corrected chi connectivity index (χ4v) is 2.60. The first-order valence-electron chi connectivity index (χ1n) is 7.83. The Morgan fingerprint density at radius 3 is 2.46 bits per heavy atom. The van der Waals surface area contributed by atoms with Crippen LogP contribution >= 0.6 is 0 Å². The van der Waals surface area contributed by atoms with Gasteiger partial charge < -0.3 is 15.4 Å². The van der Waals surface area contributed by atoms with Crippen molar-refractivity contribution in [1.82, 2.24) is 10.6 Å². The second-order valence-electron chi connectivity index (χ2n) is 5.52. The van der Waals surface area contributed by atoms with Crippen molar-refractivity contribution in [3.8, 4) is 16.9 Å². The van der Waals surface area contributed by atoms with Gasteiger partial charge in [-0.15, -0.1) is 0 Å². The Kier molecular flexibility index (Phi) is 6.65. The maximum absolute atomic E-state index is 14.0. The number of hydrogen-bond acceptors (Lipinski definition) is 5. The van der Waals surface area contributed by atoms with Crippen molar-refractivity contribution >= 4 is 22.1 Å². The molecule has 0 bridgehead atoms. The molecule has 2 rings (SSSR count). The Hall–Kier alpha value is -3.05. The molecule has 0 saturated heterocycles. The molecule has 0 fully saturated rings. The first-order chi connectivity index (χ1) is 13.1. The van der Waals surface area contributed by atoms with E-state index in [9.17, 15) is 26.8 Å². The van der Waals surface area contributed by atoms with Crippen LogP contribution in [-0.4, -0.2) is 44.3 Å². The molecule has 0 spiro atoms. The zero-order valence-electron chi connectivity index (χ0n) is 14.5. The van der Waals surface area contributed by atoms with Crippen molar-refractivity contribution in [3.63, 3.8) is 0 Å². The minimum atomic E-state index is -4.26. The summed E-state index contributed by atoms with van der Waals surface area (Å²) in [5.41, 5.74) is 0.180. The Labute approximate surface area is 159 Å². The molecule has 2 aromatic carbocycles. The third-order valence-corrected chi connectivity index (χ3v) is 4.25. The number of carbonyl (C=O) groups excluding carboxylic acids is 2. The van der Waals surface area contributed by atoms with Gasteiger partial charge in [0.05, 0.1) is 11.3 Å². The second-order valence-corrected chi connectivity index (χ2v) is 7.09. The third-order valence-electron chi connectivity index (χ3n) is 3.53. The van der Waals surface area contributed by atoms with Crippen molar-refractivity contribution in [2.75, 3.05) is 19.3 Å². The van der Waals surface area contributed by atoms with Gasteiger partial charge in [-0.05, 0) is 29.8 Å². The summed E-state index contributed by atoms with van der Waals surface area (Å²) in [5.74, 6) is -3.11. The first-order valence-corrected chi connectivity index (χ1v) is 9.44. The molecule has 0 saturated carbocycles. The summed E-state index contributed by atoms with van der Waals surface area (Å²) in [5, 5.41) is 4.44. The predicted octanol–water partition coefficient (Wildman–Crippen LogP) is 1.97. The van der Waals surface area contributed by atoms with Crippen LogP contribution in [0.5, 0.6) is 5.75 Å². The Balaban J connectivity index is 2.27. The number of nitrogens with one attached hydrogen (secondary N) is 2. The molecule has 3 N–H and O–H groups in total. The Morgan fingerprint density at radius 2 is 1.86 bits per heavy atom. The van der Waals surface area contributed by atoms with Gasteiger partial charge in [-0.2, -0.15) is 8.42 Å². The molecule has 0 aliphatic rings. The lowest BCUT2D eigenvalue weighted by Crippen LogP contribution is -2.32. The zero-order chi connectivity index (χ0) is 20.9. The monoisotopic (exact) mass is 414 g/mol. The van der Waals surface area contributed by atoms with Crippen molar-refractivity contribution in [1.29, 1.82) is 0 Å². The summed E-state index contributed by atoms with van der Waals surface area (Å²) >= 11 is 0. The van der Waals surface area contributed by atoms with Crippen LogP contribution in [0.4, 0.5) is 13.6 Å². The maximum Gasteiger partial charge on any atom is 0.412 e. The summed E-state index contributed by atoms with van der Waals surface area (Å²) in [6.45, 7) is -0.411. The summed E-state index contributed by atoms with van der Waals surface area (Å²) in [6, 6.07) is 6.83. The van der Waals surface area contributed by atoms with E-state index in [-0.39, 0.29) is 22.4 Å². The smallest absolute Gasteiger partial charge is 0.409 e. The molecule has 0 aliphatic carbocycles. The van der Waals surface area contributed by atoms with E-state index >= 15 is 0 Å². The van der Waals surface area contributed by atoms with E-state index in [1.165, 1.54) is 31.3 Å². The van der Waals surface area contributed by atoms with Crippen LogP contribution in [0, 0.1) is 11.6 Å². The van der Waals surface area contributed by atoms with E-state index in [0.717, 1.165) is 6.07 Å². The fourth-order valence-electron chi connectivity index (χ4n) is 2.24. The van der Waals surface area contributed by atoms with Gasteiger partial charge in [0.1, 0.15) is 17.4 Å². The van der Waals surface area contributed by atoms with Gasteiger partial charge in [-0.1, -0.05) is 6.07 Å². The number of rotatable bonds is 6. The van der Waals surface area contributed by atoms with Gasteiger partial charge in [-0.25, -0.2) is 13.6 Å². The van der Waals surface area contributed by atoms with Crippen molar-refractivity contribution in [2.45, 2.75) is 0 Å². The number of halogens is 2. The number of carbonyl (C=O) groups is 2. The summed E-state index contributed by atoms with van der Waals surface area (Å²) in [4.78, 5) is 23.9. The molecule has 2 amide bonds. The summed E-state index contributed by atoms with van der Waals surface area (Å²) in [6.07, 6.45) is -1.06. The highest BCUT2D eigenvalue weighted by atomic mass is 32.2. The highest BCUT2D eigenvalue weighted by molar-refractivity contribution is 7.85. The van der Waals surface area contributed by atoms with Crippen molar-refractivity contribution in [3.05, 3.63) is 53.6 Å². The SMILES string of the molecule is CNC(=O)c1cc(-c2ccc(F)cc2F)ccc1OC(=O)NCCS(=O)(=O)O. The Morgan fingerprint density at radius 1 is 1.14 bits per heavy atom. The maximum atomic E-state index is 14.0. The van der Waals surface area contributed by atoms with E-state index in [4.69, 9.17) is 9.29 Å². The first kappa shape index (κ1) is 21.3. The Bertz CT molecular complexity index is 1010. The number of benzene rings is 2. The molecule has 0 radical (unpaired) electrons. The molecule has 11 heteroatoms. The van der Waals surface area contributed by atoms with E-state index in [1.807, 2.05) is 0 Å². The van der Waals surface area contributed by atoms with E-state index in [2.05, 4.69) is 10.6 Å². The molecule has 0 aromatic heterocycles. The molecule has 0 unspecified atom stereocenters. The lowest BCUT2D eigenvalue weighted by Gasteiger charge is -2.12. The van der Waals surface area contributed by atoms with E-state index in [1.54, 1.807) is 0 Å². The van der Waals surface area contributed by atoms with E-state index < -0.39 is 46.1 Å². The predicted molar refractivity (Wildman–Crippen MR) is 95.6 cm³/mol. The zero-order valence-corrected chi connectivity index (χ0v) is 15.3. The topological polar surface area (TPSA) is 122 Å². The van der Waals surface area contributed by atoms with Gasteiger partial charge in [0.25, 0.3) is 16.0 Å². The lowest BCUT2D eigenvalue weighted by molar-refractivity contribution is 0.0960. The van der Waals surface area contributed by atoms with Gasteiger partial charge in [0.2, 0.25) is 0 Å². The average molecular weight is 414 g/mol. The van der Waals surface area contributed by atoms with Crippen LogP contribution in [0.1, 0.15) is 10.4 Å². The fraction of sp³-hybridized carbons (Fsp3) is 0.176. The highest BCUT2D eigenvalue weighted by Gasteiger charge is 2.17. The standard InChI is InChI=1S/C17H16F2N2O6S/c1-20-16(22)13-8-10(12-4-3-11(18)9-14(12)19)2-5-15(13)27-17(23)21-6-7-28(24,25)26/h2-5,8-9H,6-7H2,1H3,(H,20,22)(H,21,23)(H,24,25,26). The van der Waals surface area contributed by atoms with Gasteiger partial charge in [0.15, 0.2) is 0 Å². The van der Waals surface area contributed by atoms with Gasteiger partial charge >= 0.3 is 6.09 Å². The molecule has 150 valence electrons. The largest absolute Gasteiger partial charge is 0.412 e. The van der Waals surface area contributed by atoms with Crippen LogP contribution in [0.2, 0.25) is 0 Å². The minimum absolute atomic E-state index is 0.0377. The molecule has 0 aliphatic heterocycles. The van der Waals surface area contributed by atoms with Crippen molar-refractivity contribution < 1.29 is 36.1 Å². The third kappa shape index (κ3) is 5.72. The van der Waals surface area contributed by atoms with Gasteiger partial charge in [0, 0.05) is 25.2 Å². The molecular weight excluding hydrogens is 398 g/mol. The van der Waals surface area contributed by atoms with Crippen LogP contribution < -0.4 is 15.4 Å². The van der Waals surface area contributed by atoms with Crippen LogP contribution in [0.15, 0.2) is 36.4 Å². The number of amides is 2. The second kappa shape index (κ2) is 8.76. The van der Waals surface area contributed by atoms with Crippen LogP contribution in [0.25, 0.3) is 11.1 Å². The minimum Gasteiger partial charge on any atom is -0.409 e.